The van der Waals surface area contributed by atoms with Crippen LogP contribution in [0.15, 0.2) is 12.1 Å². The van der Waals surface area contributed by atoms with Crippen LogP contribution in [0.25, 0.3) is 0 Å². The van der Waals surface area contributed by atoms with Gasteiger partial charge in [0.2, 0.25) is 0 Å². The first kappa shape index (κ1) is 11.5. The maximum atomic E-state index is 13.1. The molecule has 0 aliphatic heterocycles. The SMILES string of the molecule is CC(CO)Nc1cc(F)c(I)cc1N. The monoisotopic (exact) mass is 310 g/mol. The normalized spacial score (nSPS) is 12.6. The van der Waals surface area contributed by atoms with Gasteiger partial charge in [0, 0.05) is 12.1 Å². The Labute approximate surface area is 95.6 Å². The first-order valence-electron chi connectivity index (χ1n) is 4.16. The van der Waals surface area contributed by atoms with Crippen LogP contribution in [0.4, 0.5) is 15.8 Å². The fourth-order valence-corrected chi connectivity index (χ4v) is 1.49. The fourth-order valence-electron chi connectivity index (χ4n) is 0.998. The molecule has 14 heavy (non-hydrogen) atoms. The first-order chi connectivity index (χ1) is 6.54. The number of aliphatic hydroxyl groups is 1. The van der Waals surface area contributed by atoms with Crippen molar-refractivity contribution in [1.29, 1.82) is 0 Å². The highest BCUT2D eigenvalue weighted by Gasteiger charge is 2.07. The molecule has 1 unspecified atom stereocenters. The van der Waals surface area contributed by atoms with Gasteiger partial charge in [-0.25, -0.2) is 4.39 Å². The molecule has 0 aliphatic rings. The smallest absolute Gasteiger partial charge is 0.138 e. The number of nitrogens with two attached hydrogens (primary N) is 1. The lowest BCUT2D eigenvalue weighted by Crippen LogP contribution is -2.20. The summed E-state index contributed by atoms with van der Waals surface area (Å²) < 4.78 is 13.6. The topological polar surface area (TPSA) is 58.3 Å². The van der Waals surface area contributed by atoms with Gasteiger partial charge in [-0.2, -0.15) is 0 Å². The Morgan fingerprint density at radius 2 is 2.29 bits per heavy atom. The molecule has 0 aromatic heterocycles. The number of anilines is 2. The van der Waals surface area contributed by atoms with Gasteiger partial charge in [0.25, 0.3) is 0 Å². The summed E-state index contributed by atoms with van der Waals surface area (Å²) in [4.78, 5) is 0. The second-order valence-corrected chi connectivity index (χ2v) is 4.24. The van der Waals surface area contributed by atoms with Crippen LogP contribution >= 0.6 is 22.6 Å². The van der Waals surface area contributed by atoms with Crippen LogP contribution in [0.5, 0.6) is 0 Å². The number of nitrogens with one attached hydrogen (secondary N) is 1. The zero-order valence-electron chi connectivity index (χ0n) is 7.72. The zero-order chi connectivity index (χ0) is 10.7. The van der Waals surface area contributed by atoms with Gasteiger partial charge in [-0.05, 0) is 35.6 Å². The maximum Gasteiger partial charge on any atom is 0.138 e. The molecule has 0 saturated carbocycles. The fraction of sp³-hybridized carbons (Fsp3) is 0.333. The number of nitrogen functional groups attached to an aromatic ring is 1. The molecule has 1 aromatic rings. The minimum absolute atomic E-state index is 0.0208. The second-order valence-electron chi connectivity index (χ2n) is 3.08. The van der Waals surface area contributed by atoms with E-state index in [1.807, 2.05) is 22.6 Å². The van der Waals surface area contributed by atoms with Crippen LogP contribution in [0, 0.1) is 9.39 Å². The summed E-state index contributed by atoms with van der Waals surface area (Å²) in [7, 11) is 0. The van der Waals surface area contributed by atoms with Crippen molar-refractivity contribution in [1.82, 2.24) is 0 Å². The molecule has 1 atom stereocenters. The van der Waals surface area contributed by atoms with E-state index in [0.717, 1.165) is 0 Å². The number of halogens is 2. The standard InChI is InChI=1S/C9H12FIN2O/c1-5(4-14)13-9-2-6(10)7(11)3-8(9)12/h2-3,5,13-14H,4,12H2,1H3. The van der Waals surface area contributed by atoms with E-state index in [2.05, 4.69) is 5.32 Å². The van der Waals surface area contributed by atoms with Crippen LogP contribution in [0.3, 0.4) is 0 Å². The Bertz CT molecular complexity index is 333. The highest BCUT2D eigenvalue weighted by Crippen LogP contribution is 2.24. The van der Waals surface area contributed by atoms with Gasteiger partial charge in [0.1, 0.15) is 5.82 Å². The molecule has 0 amide bonds. The minimum Gasteiger partial charge on any atom is -0.397 e. The van der Waals surface area contributed by atoms with Gasteiger partial charge >= 0.3 is 0 Å². The quantitative estimate of drug-likeness (QED) is 0.589. The van der Waals surface area contributed by atoms with Crippen molar-refractivity contribution in [3.63, 3.8) is 0 Å². The van der Waals surface area contributed by atoms with Crippen LogP contribution in [-0.4, -0.2) is 17.8 Å². The third kappa shape index (κ3) is 2.71. The van der Waals surface area contributed by atoms with E-state index in [0.29, 0.717) is 14.9 Å². The third-order valence-electron chi connectivity index (χ3n) is 1.77. The predicted octanol–water partition coefficient (Wildman–Crippen LogP) is 1.81. The molecule has 4 N–H and O–H groups in total. The molecule has 0 spiro atoms. The van der Waals surface area contributed by atoms with Crippen molar-refractivity contribution in [2.45, 2.75) is 13.0 Å². The summed E-state index contributed by atoms with van der Waals surface area (Å²) in [6.07, 6.45) is 0. The molecule has 3 nitrogen and oxygen atoms in total. The number of hydrogen-bond donors (Lipinski definition) is 3. The lowest BCUT2D eigenvalue weighted by atomic mass is 10.2. The van der Waals surface area contributed by atoms with E-state index < -0.39 is 0 Å². The van der Waals surface area contributed by atoms with Gasteiger partial charge in [-0.1, -0.05) is 0 Å². The van der Waals surface area contributed by atoms with Crippen molar-refractivity contribution in [2.75, 3.05) is 17.7 Å². The number of benzene rings is 1. The summed E-state index contributed by atoms with van der Waals surface area (Å²) in [5.74, 6) is -0.313. The van der Waals surface area contributed by atoms with Gasteiger partial charge in [-0.15, -0.1) is 0 Å². The molecule has 0 radical (unpaired) electrons. The van der Waals surface area contributed by atoms with Gasteiger partial charge < -0.3 is 16.2 Å². The van der Waals surface area contributed by atoms with Crippen molar-refractivity contribution in [3.8, 4) is 0 Å². The molecule has 0 saturated heterocycles. The lowest BCUT2D eigenvalue weighted by Gasteiger charge is -2.14. The average Bonchev–Trinajstić information content (AvgIpc) is 2.14. The highest BCUT2D eigenvalue weighted by atomic mass is 127. The minimum atomic E-state index is -0.313. The summed E-state index contributed by atoms with van der Waals surface area (Å²) >= 11 is 1.88. The van der Waals surface area contributed by atoms with Crippen molar-refractivity contribution in [3.05, 3.63) is 21.5 Å². The van der Waals surface area contributed by atoms with Crippen LogP contribution < -0.4 is 11.1 Å². The van der Waals surface area contributed by atoms with E-state index in [-0.39, 0.29) is 18.5 Å². The van der Waals surface area contributed by atoms with E-state index in [1.165, 1.54) is 6.07 Å². The second kappa shape index (κ2) is 4.79. The van der Waals surface area contributed by atoms with E-state index in [9.17, 15) is 4.39 Å². The molecule has 0 fully saturated rings. The Balaban J connectivity index is 2.92. The highest BCUT2D eigenvalue weighted by molar-refractivity contribution is 14.1. The predicted molar refractivity (Wildman–Crippen MR) is 63.7 cm³/mol. The van der Waals surface area contributed by atoms with Crippen molar-refractivity contribution in [2.24, 2.45) is 0 Å². The molecule has 5 heteroatoms. The molecule has 0 heterocycles. The average molecular weight is 310 g/mol. The van der Waals surface area contributed by atoms with Crippen molar-refractivity contribution < 1.29 is 9.50 Å². The Kier molecular flexibility index (Phi) is 3.94. The summed E-state index contributed by atoms with van der Waals surface area (Å²) in [5, 5.41) is 11.7. The molecular formula is C9H12FIN2O. The van der Waals surface area contributed by atoms with Crippen LogP contribution in [0.1, 0.15) is 6.92 Å². The number of rotatable bonds is 3. The van der Waals surface area contributed by atoms with Crippen molar-refractivity contribution >= 4 is 34.0 Å². The third-order valence-corrected chi connectivity index (χ3v) is 2.59. The van der Waals surface area contributed by atoms with Crippen LogP contribution in [0.2, 0.25) is 0 Å². The number of aliphatic hydroxyl groups excluding tert-OH is 1. The van der Waals surface area contributed by atoms with Gasteiger partial charge in [0.15, 0.2) is 0 Å². The van der Waals surface area contributed by atoms with E-state index in [1.54, 1.807) is 13.0 Å². The van der Waals surface area contributed by atoms with Gasteiger partial charge in [0.05, 0.1) is 21.6 Å². The summed E-state index contributed by atoms with van der Waals surface area (Å²) in [6, 6.07) is 2.75. The molecule has 0 bridgehead atoms. The Morgan fingerprint density at radius 1 is 1.64 bits per heavy atom. The zero-order valence-corrected chi connectivity index (χ0v) is 9.88. The van der Waals surface area contributed by atoms with E-state index >= 15 is 0 Å². The molecule has 1 aromatic carbocycles. The van der Waals surface area contributed by atoms with E-state index in [4.69, 9.17) is 10.8 Å². The first-order valence-corrected chi connectivity index (χ1v) is 5.24. The summed E-state index contributed by atoms with van der Waals surface area (Å²) in [5.41, 5.74) is 6.68. The molecule has 78 valence electrons. The molecule has 1 rings (SSSR count). The number of hydrogen-bond acceptors (Lipinski definition) is 3. The van der Waals surface area contributed by atoms with Crippen LogP contribution in [-0.2, 0) is 0 Å². The molecule has 0 aliphatic carbocycles. The lowest BCUT2D eigenvalue weighted by molar-refractivity contribution is 0.281. The Hall–Kier alpha value is -0.560. The Morgan fingerprint density at radius 3 is 2.86 bits per heavy atom. The van der Waals surface area contributed by atoms with Gasteiger partial charge in [-0.3, -0.25) is 0 Å². The largest absolute Gasteiger partial charge is 0.397 e. The summed E-state index contributed by atoms with van der Waals surface area (Å²) in [6.45, 7) is 1.77. The molecular weight excluding hydrogens is 298 g/mol. The maximum absolute atomic E-state index is 13.1.